The lowest BCUT2D eigenvalue weighted by Gasteiger charge is -2.36. The minimum absolute atomic E-state index is 0.0411. The van der Waals surface area contributed by atoms with Crippen LogP contribution in [0.1, 0.15) is 74.1 Å². The predicted octanol–water partition coefficient (Wildman–Crippen LogP) is 6.33. The van der Waals surface area contributed by atoms with Crippen molar-refractivity contribution in [1.29, 1.82) is 0 Å². The van der Waals surface area contributed by atoms with Gasteiger partial charge >= 0.3 is 5.97 Å². The Morgan fingerprint density at radius 2 is 1.52 bits per heavy atom. The Bertz CT molecular complexity index is 590. The third-order valence-electron chi connectivity index (χ3n) is 5.35. The summed E-state index contributed by atoms with van der Waals surface area (Å²) in [7, 11) is -1.91. The Morgan fingerprint density at radius 1 is 0.966 bits per heavy atom. The van der Waals surface area contributed by atoms with Crippen molar-refractivity contribution in [2.45, 2.75) is 98.4 Å². The Morgan fingerprint density at radius 3 is 2.07 bits per heavy atom. The van der Waals surface area contributed by atoms with Crippen LogP contribution in [0.5, 0.6) is 0 Å². The van der Waals surface area contributed by atoms with Gasteiger partial charge in [0.2, 0.25) is 0 Å². The molecule has 0 aliphatic heterocycles. The van der Waals surface area contributed by atoms with Gasteiger partial charge in [-0.1, -0.05) is 49.6 Å². The largest absolute Gasteiger partial charge is 0.460 e. The molecule has 0 rings (SSSR count). The molecule has 1 unspecified atom stereocenters. The lowest BCUT2D eigenvalue weighted by atomic mass is 10.1. The summed E-state index contributed by atoms with van der Waals surface area (Å²) < 4.78 is 11.1. The van der Waals surface area contributed by atoms with Gasteiger partial charge in [-0.25, -0.2) is 4.79 Å². The van der Waals surface area contributed by atoms with Crippen molar-refractivity contribution in [3.63, 3.8) is 0 Å². The molecule has 0 aliphatic rings. The van der Waals surface area contributed by atoms with Gasteiger partial charge < -0.3 is 14.3 Å². The highest BCUT2D eigenvalue weighted by Crippen LogP contribution is 2.36. The molecule has 168 valence electrons. The average molecular weight is 425 g/mol. The molecule has 0 spiro atoms. The van der Waals surface area contributed by atoms with Gasteiger partial charge in [0.25, 0.3) is 0 Å². The number of aliphatic hydroxyl groups excluding tert-OH is 1. The first-order valence-electron chi connectivity index (χ1n) is 10.7. The fourth-order valence-corrected chi connectivity index (χ4v) is 3.34. The van der Waals surface area contributed by atoms with E-state index >= 15 is 0 Å². The maximum Gasteiger partial charge on any atom is 0.330 e. The zero-order chi connectivity index (χ0) is 22.7. The summed E-state index contributed by atoms with van der Waals surface area (Å²) in [6, 6.07) is 0. The zero-order valence-electron chi connectivity index (χ0n) is 20.2. The maximum absolute atomic E-state index is 12.0. The minimum Gasteiger partial charge on any atom is -0.460 e. The van der Waals surface area contributed by atoms with E-state index < -0.39 is 20.4 Å². The number of carbonyl (C=O) groups excluding carboxylic acids is 1. The Hall–Kier alpha value is -1.17. The fraction of sp³-hybridized carbons (Fsp3) is 0.708. The number of hydrogen-bond acceptors (Lipinski definition) is 4. The highest BCUT2D eigenvalue weighted by atomic mass is 28.4. The molecule has 0 heterocycles. The van der Waals surface area contributed by atoms with Gasteiger partial charge in [0.15, 0.2) is 8.32 Å². The SMILES string of the molecule is CC(C)=CCC/C(C)=C/CC/C(C)=C/C(=O)OCC(O)CO[Si](C)(C)C(C)(C)C. The summed E-state index contributed by atoms with van der Waals surface area (Å²) in [6.07, 6.45) is 9.11. The van der Waals surface area contributed by atoms with E-state index in [1.54, 1.807) is 0 Å². The first-order valence-corrected chi connectivity index (χ1v) is 13.6. The van der Waals surface area contributed by atoms with Crippen LogP contribution in [-0.2, 0) is 14.0 Å². The summed E-state index contributed by atoms with van der Waals surface area (Å²) in [5, 5.41) is 10.1. The first-order chi connectivity index (χ1) is 13.2. The van der Waals surface area contributed by atoms with Crippen molar-refractivity contribution < 1.29 is 19.1 Å². The molecule has 0 saturated carbocycles. The molecule has 0 bridgehead atoms. The Balaban J connectivity index is 4.24. The normalized spacial score (nSPS) is 14.6. The van der Waals surface area contributed by atoms with Crippen molar-refractivity contribution in [2.24, 2.45) is 0 Å². The van der Waals surface area contributed by atoms with Crippen LogP contribution in [0.2, 0.25) is 18.1 Å². The van der Waals surface area contributed by atoms with E-state index in [1.807, 2.05) is 6.92 Å². The van der Waals surface area contributed by atoms with Gasteiger partial charge in [-0.3, -0.25) is 0 Å². The van der Waals surface area contributed by atoms with Crippen molar-refractivity contribution in [3.8, 4) is 0 Å². The molecule has 0 amide bonds. The molecule has 1 atom stereocenters. The van der Waals surface area contributed by atoms with Crippen LogP contribution in [0, 0.1) is 0 Å². The second-order valence-corrected chi connectivity index (χ2v) is 14.6. The highest BCUT2D eigenvalue weighted by molar-refractivity contribution is 6.74. The van der Waals surface area contributed by atoms with E-state index in [0.29, 0.717) is 0 Å². The third kappa shape index (κ3) is 13.6. The van der Waals surface area contributed by atoms with Crippen LogP contribution in [0.3, 0.4) is 0 Å². The summed E-state index contributed by atoms with van der Waals surface area (Å²) in [5.74, 6) is -0.405. The smallest absolute Gasteiger partial charge is 0.330 e. The van der Waals surface area contributed by atoms with Crippen LogP contribution in [-0.4, -0.2) is 38.7 Å². The molecule has 4 nitrogen and oxygen atoms in total. The molecule has 0 radical (unpaired) electrons. The molecule has 29 heavy (non-hydrogen) atoms. The van der Waals surface area contributed by atoms with Gasteiger partial charge in [-0.2, -0.15) is 0 Å². The molecular weight excluding hydrogens is 380 g/mol. The van der Waals surface area contributed by atoms with E-state index in [2.05, 4.69) is 66.8 Å². The molecule has 0 aliphatic carbocycles. The maximum atomic E-state index is 12.0. The predicted molar refractivity (Wildman–Crippen MR) is 126 cm³/mol. The van der Waals surface area contributed by atoms with Crippen LogP contribution >= 0.6 is 0 Å². The number of carbonyl (C=O) groups is 1. The highest BCUT2D eigenvalue weighted by Gasteiger charge is 2.37. The molecule has 0 aromatic rings. The van der Waals surface area contributed by atoms with E-state index in [4.69, 9.17) is 9.16 Å². The van der Waals surface area contributed by atoms with Gasteiger partial charge in [0, 0.05) is 6.08 Å². The summed E-state index contributed by atoms with van der Waals surface area (Å²) in [5.41, 5.74) is 3.71. The van der Waals surface area contributed by atoms with Crippen LogP contribution < -0.4 is 0 Å². The number of rotatable bonds is 12. The van der Waals surface area contributed by atoms with Gasteiger partial charge in [0.1, 0.15) is 12.7 Å². The second-order valence-electron chi connectivity index (χ2n) is 9.76. The van der Waals surface area contributed by atoms with Crippen LogP contribution in [0.25, 0.3) is 0 Å². The van der Waals surface area contributed by atoms with Gasteiger partial charge in [0.05, 0.1) is 6.61 Å². The molecule has 0 aromatic carbocycles. The molecule has 0 fully saturated rings. The van der Waals surface area contributed by atoms with Gasteiger partial charge in [-0.05, 0) is 71.5 Å². The average Bonchev–Trinajstić information content (AvgIpc) is 2.56. The molecular formula is C24H44O4Si. The summed E-state index contributed by atoms with van der Waals surface area (Å²) >= 11 is 0. The summed E-state index contributed by atoms with van der Waals surface area (Å²) in [6.45, 7) is 19.2. The Labute approximate surface area is 180 Å². The molecule has 0 aromatic heterocycles. The van der Waals surface area contributed by atoms with Crippen LogP contribution in [0.15, 0.2) is 34.9 Å². The first kappa shape index (κ1) is 27.8. The van der Waals surface area contributed by atoms with Crippen molar-refractivity contribution in [3.05, 3.63) is 34.9 Å². The van der Waals surface area contributed by atoms with Crippen LogP contribution in [0.4, 0.5) is 0 Å². The van der Waals surface area contributed by atoms with E-state index in [1.165, 1.54) is 17.2 Å². The van der Waals surface area contributed by atoms with Gasteiger partial charge in [-0.15, -0.1) is 0 Å². The Kier molecular flexibility index (Phi) is 12.7. The lowest BCUT2D eigenvalue weighted by Crippen LogP contribution is -2.43. The fourth-order valence-electron chi connectivity index (χ4n) is 2.30. The topological polar surface area (TPSA) is 55.8 Å². The van der Waals surface area contributed by atoms with E-state index in [-0.39, 0.29) is 18.3 Å². The summed E-state index contributed by atoms with van der Waals surface area (Å²) in [4.78, 5) is 12.0. The third-order valence-corrected chi connectivity index (χ3v) is 9.85. The van der Waals surface area contributed by atoms with Crippen molar-refractivity contribution in [1.82, 2.24) is 0 Å². The minimum atomic E-state index is -1.91. The number of ether oxygens (including phenoxy) is 1. The van der Waals surface area contributed by atoms with E-state index in [0.717, 1.165) is 31.3 Å². The van der Waals surface area contributed by atoms with E-state index in [9.17, 15) is 9.90 Å². The number of hydrogen-bond donors (Lipinski definition) is 1. The molecule has 5 heteroatoms. The number of esters is 1. The monoisotopic (exact) mass is 424 g/mol. The number of aliphatic hydroxyl groups is 1. The second kappa shape index (κ2) is 13.2. The van der Waals surface area contributed by atoms with Crippen molar-refractivity contribution in [2.75, 3.05) is 13.2 Å². The van der Waals surface area contributed by atoms with Crippen molar-refractivity contribution >= 4 is 14.3 Å². The standard InChI is InChI=1S/C24H44O4Si/c1-19(2)12-10-13-20(3)14-11-15-21(4)16-23(26)27-17-22(25)18-28-29(8,9)24(5,6)7/h12,14,16,22,25H,10-11,13,15,17-18H2,1-9H3/b20-14+,21-16+. The molecule has 1 N–H and O–H groups in total. The number of allylic oxidation sites excluding steroid dienone is 5. The zero-order valence-corrected chi connectivity index (χ0v) is 21.2. The lowest BCUT2D eigenvalue weighted by molar-refractivity contribution is -0.141. The quantitative estimate of drug-likeness (QED) is 0.172. The molecule has 0 saturated heterocycles.